The van der Waals surface area contributed by atoms with E-state index in [4.69, 9.17) is 0 Å². The number of carboxylic acid groups (broad SMARTS) is 1. The molecule has 0 saturated carbocycles. The molecular formula is C16H19N3O4S. The predicted molar refractivity (Wildman–Crippen MR) is 86.9 cm³/mol. The molecule has 1 aliphatic rings. The first-order chi connectivity index (χ1) is 11.3. The zero-order valence-corrected chi connectivity index (χ0v) is 14.3. The summed E-state index contributed by atoms with van der Waals surface area (Å²) in [7, 11) is -2.27. The lowest BCUT2D eigenvalue weighted by Crippen LogP contribution is -2.45. The fourth-order valence-electron chi connectivity index (χ4n) is 3.17. The number of carbonyl (C=O) groups is 1. The van der Waals surface area contributed by atoms with Crippen LogP contribution in [-0.2, 0) is 34.8 Å². The van der Waals surface area contributed by atoms with Gasteiger partial charge in [0.25, 0.3) is 10.0 Å². The van der Waals surface area contributed by atoms with Crippen LogP contribution in [-0.4, -0.2) is 39.6 Å². The number of benzene rings is 1. The highest BCUT2D eigenvalue weighted by Crippen LogP contribution is 2.30. The molecule has 24 heavy (non-hydrogen) atoms. The average molecular weight is 349 g/mol. The lowest BCUT2D eigenvalue weighted by molar-refractivity contribution is -0.138. The van der Waals surface area contributed by atoms with Crippen LogP contribution in [0.5, 0.6) is 0 Å². The second kappa shape index (κ2) is 6.03. The molecule has 128 valence electrons. The standard InChI is InChI=1S/C16H19N3O4S/c1-11-7-15(18(2)17-11)24(22,23)19-10-13-6-4-3-5-12(13)8-14(19)9-16(20)21/h3-7,14H,8-10H2,1-2H3,(H,20,21)/t14-/m0/s1. The molecular weight excluding hydrogens is 330 g/mol. The number of hydrogen-bond acceptors (Lipinski definition) is 4. The maximum atomic E-state index is 13.1. The molecule has 2 heterocycles. The van der Waals surface area contributed by atoms with E-state index in [-0.39, 0.29) is 18.0 Å². The predicted octanol–water partition coefficient (Wildman–Crippen LogP) is 1.32. The minimum absolute atomic E-state index is 0.0785. The number of nitrogens with zero attached hydrogens (tertiary/aromatic N) is 3. The highest BCUT2D eigenvalue weighted by Gasteiger charge is 2.38. The molecule has 0 unspecified atom stereocenters. The normalized spacial score (nSPS) is 18.3. The van der Waals surface area contributed by atoms with Gasteiger partial charge in [0.2, 0.25) is 0 Å². The Labute approximate surface area is 140 Å². The van der Waals surface area contributed by atoms with E-state index in [0.29, 0.717) is 12.1 Å². The van der Waals surface area contributed by atoms with Crippen molar-refractivity contribution in [1.82, 2.24) is 14.1 Å². The molecule has 3 rings (SSSR count). The minimum Gasteiger partial charge on any atom is -0.481 e. The molecule has 0 fully saturated rings. The zero-order chi connectivity index (χ0) is 17.5. The van der Waals surface area contributed by atoms with Gasteiger partial charge in [0.15, 0.2) is 5.03 Å². The molecule has 0 bridgehead atoms. The van der Waals surface area contributed by atoms with E-state index in [2.05, 4.69) is 5.10 Å². The number of rotatable bonds is 4. The van der Waals surface area contributed by atoms with Crippen LogP contribution >= 0.6 is 0 Å². The fourth-order valence-corrected chi connectivity index (χ4v) is 4.95. The third-order valence-electron chi connectivity index (χ3n) is 4.25. The summed E-state index contributed by atoms with van der Waals surface area (Å²) >= 11 is 0. The topological polar surface area (TPSA) is 92.5 Å². The molecule has 1 aromatic carbocycles. The van der Waals surface area contributed by atoms with Crippen molar-refractivity contribution in [1.29, 1.82) is 0 Å². The van der Waals surface area contributed by atoms with E-state index >= 15 is 0 Å². The van der Waals surface area contributed by atoms with Crippen LogP contribution in [0, 0.1) is 6.92 Å². The van der Waals surface area contributed by atoms with Crippen LogP contribution in [0.4, 0.5) is 0 Å². The van der Waals surface area contributed by atoms with E-state index in [1.807, 2.05) is 24.3 Å². The Morgan fingerprint density at radius 1 is 1.33 bits per heavy atom. The SMILES string of the molecule is Cc1cc(S(=O)(=O)N2Cc3ccccc3C[C@H]2CC(=O)O)n(C)n1. The first-order valence-corrected chi connectivity index (χ1v) is 9.04. The largest absolute Gasteiger partial charge is 0.481 e. The average Bonchev–Trinajstić information content (AvgIpc) is 2.85. The van der Waals surface area contributed by atoms with E-state index in [1.165, 1.54) is 15.1 Å². The molecule has 1 N–H and O–H groups in total. The molecule has 0 radical (unpaired) electrons. The smallest absolute Gasteiger partial charge is 0.304 e. The van der Waals surface area contributed by atoms with Gasteiger partial charge in [0.1, 0.15) is 0 Å². The Bertz CT molecular complexity index is 888. The van der Waals surface area contributed by atoms with Crippen molar-refractivity contribution in [3.05, 3.63) is 47.2 Å². The molecule has 1 aromatic heterocycles. The summed E-state index contributed by atoms with van der Waals surface area (Å²) in [4.78, 5) is 11.2. The number of fused-ring (bicyclic) bond motifs is 1. The maximum Gasteiger partial charge on any atom is 0.304 e. The fraction of sp³-hybridized carbons (Fsp3) is 0.375. The van der Waals surface area contributed by atoms with E-state index in [0.717, 1.165) is 11.1 Å². The van der Waals surface area contributed by atoms with Crippen molar-refractivity contribution < 1.29 is 18.3 Å². The van der Waals surface area contributed by atoms with Crippen LogP contribution < -0.4 is 0 Å². The number of aryl methyl sites for hydroxylation is 2. The molecule has 2 aromatic rings. The number of hydrogen-bond donors (Lipinski definition) is 1. The zero-order valence-electron chi connectivity index (χ0n) is 13.5. The Kier molecular flexibility index (Phi) is 4.18. The molecule has 7 nitrogen and oxygen atoms in total. The summed E-state index contributed by atoms with van der Waals surface area (Å²) < 4.78 is 28.8. The number of carboxylic acids is 1. The third-order valence-corrected chi connectivity index (χ3v) is 6.21. The van der Waals surface area contributed by atoms with Crippen LogP contribution in [0.25, 0.3) is 0 Å². The first-order valence-electron chi connectivity index (χ1n) is 7.60. The monoisotopic (exact) mass is 349 g/mol. The molecule has 0 saturated heterocycles. The molecule has 1 aliphatic heterocycles. The van der Waals surface area contributed by atoms with Gasteiger partial charge in [-0.2, -0.15) is 9.40 Å². The van der Waals surface area contributed by atoms with Gasteiger partial charge in [-0.05, 0) is 30.5 Å². The molecule has 1 atom stereocenters. The van der Waals surface area contributed by atoms with Gasteiger partial charge < -0.3 is 5.11 Å². The van der Waals surface area contributed by atoms with Crippen LogP contribution in [0.15, 0.2) is 35.4 Å². The summed E-state index contributed by atoms with van der Waals surface area (Å²) in [5, 5.41) is 13.4. The van der Waals surface area contributed by atoms with Crippen molar-refractivity contribution in [2.24, 2.45) is 7.05 Å². The Balaban J connectivity index is 2.05. The Morgan fingerprint density at radius 3 is 2.58 bits per heavy atom. The summed E-state index contributed by atoms with van der Waals surface area (Å²) in [6.07, 6.45) is 0.156. The van der Waals surface area contributed by atoms with Gasteiger partial charge in [0, 0.05) is 19.6 Å². The lowest BCUT2D eigenvalue weighted by Gasteiger charge is -2.35. The lowest BCUT2D eigenvalue weighted by atomic mass is 9.94. The molecule has 8 heteroatoms. The summed E-state index contributed by atoms with van der Waals surface area (Å²) in [6.45, 7) is 1.89. The van der Waals surface area contributed by atoms with Gasteiger partial charge in [-0.3, -0.25) is 9.48 Å². The first kappa shape index (κ1) is 16.7. The van der Waals surface area contributed by atoms with Crippen molar-refractivity contribution in [3.63, 3.8) is 0 Å². The van der Waals surface area contributed by atoms with E-state index in [9.17, 15) is 18.3 Å². The van der Waals surface area contributed by atoms with Crippen molar-refractivity contribution in [2.45, 2.75) is 37.4 Å². The van der Waals surface area contributed by atoms with E-state index < -0.39 is 22.0 Å². The summed E-state index contributed by atoms with van der Waals surface area (Å²) in [6, 6.07) is 8.43. The minimum atomic E-state index is -3.84. The Hall–Kier alpha value is -2.19. The van der Waals surface area contributed by atoms with Crippen LogP contribution in [0.3, 0.4) is 0 Å². The van der Waals surface area contributed by atoms with Crippen LogP contribution in [0.1, 0.15) is 23.2 Å². The highest BCUT2D eigenvalue weighted by molar-refractivity contribution is 7.89. The summed E-state index contributed by atoms with van der Waals surface area (Å²) in [5.41, 5.74) is 2.50. The van der Waals surface area contributed by atoms with E-state index in [1.54, 1.807) is 14.0 Å². The van der Waals surface area contributed by atoms with Crippen molar-refractivity contribution in [3.8, 4) is 0 Å². The molecule has 0 amide bonds. The number of aromatic nitrogens is 2. The number of sulfonamides is 1. The second-order valence-corrected chi connectivity index (χ2v) is 7.86. The number of aliphatic carboxylic acids is 1. The molecule has 0 aliphatic carbocycles. The highest BCUT2D eigenvalue weighted by atomic mass is 32.2. The van der Waals surface area contributed by atoms with Gasteiger partial charge in [-0.25, -0.2) is 8.42 Å². The van der Waals surface area contributed by atoms with Gasteiger partial charge >= 0.3 is 5.97 Å². The van der Waals surface area contributed by atoms with Gasteiger partial charge in [-0.15, -0.1) is 0 Å². The van der Waals surface area contributed by atoms with Gasteiger partial charge in [-0.1, -0.05) is 24.3 Å². The maximum absolute atomic E-state index is 13.1. The molecule has 0 spiro atoms. The summed E-state index contributed by atoms with van der Waals surface area (Å²) in [5.74, 6) is -1.01. The Morgan fingerprint density at radius 2 is 2.00 bits per heavy atom. The van der Waals surface area contributed by atoms with Gasteiger partial charge in [0.05, 0.1) is 12.1 Å². The quantitative estimate of drug-likeness (QED) is 0.899. The second-order valence-electron chi connectivity index (χ2n) is 6.02. The van der Waals surface area contributed by atoms with Crippen molar-refractivity contribution in [2.75, 3.05) is 0 Å². The van der Waals surface area contributed by atoms with Crippen LogP contribution in [0.2, 0.25) is 0 Å². The van der Waals surface area contributed by atoms with Crippen molar-refractivity contribution >= 4 is 16.0 Å². The third kappa shape index (κ3) is 2.94.